The van der Waals surface area contributed by atoms with Crippen molar-refractivity contribution in [3.63, 3.8) is 0 Å². The Kier molecular flexibility index (Phi) is 5.70. The molecule has 23 heavy (non-hydrogen) atoms. The van der Waals surface area contributed by atoms with Crippen LogP contribution in [0.2, 0.25) is 0 Å². The van der Waals surface area contributed by atoms with E-state index in [0.717, 1.165) is 25.2 Å². The summed E-state index contributed by atoms with van der Waals surface area (Å²) < 4.78 is 45.0. The Morgan fingerprint density at radius 1 is 1.35 bits per heavy atom. The Bertz CT molecular complexity index is 520. The molecule has 1 aliphatic rings. The molecule has 128 valence electrons. The molecule has 0 aromatic heterocycles. The van der Waals surface area contributed by atoms with Gasteiger partial charge >= 0.3 is 6.36 Å². The second-order valence-corrected chi connectivity index (χ2v) is 5.38. The van der Waals surface area contributed by atoms with Crippen molar-refractivity contribution in [2.45, 2.75) is 12.8 Å². The fourth-order valence-electron chi connectivity index (χ4n) is 2.53. The van der Waals surface area contributed by atoms with Crippen LogP contribution in [-0.2, 0) is 9.53 Å². The van der Waals surface area contributed by atoms with Crippen LogP contribution in [0.25, 0.3) is 0 Å². The number of carbonyl (C=O) groups is 1. The quantitative estimate of drug-likeness (QED) is 0.867. The first kappa shape index (κ1) is 17.4. The molecule has 5 nitrogen and oxygen atoms in total. The van der Waals surface area contributed by atoms with Gasteiger partial charge in [-0.25, -0.2) is 0 Å². The summed E-state index contributed by atoms with van der Waals surface area (Å²) in [6.07, 6.45) is -3.77. The SMILES string of the molecule is COCC(=O)NC[C@H]1CCN(c2ccc(OC(F)(F)F)cc2)C1. The maximum absolute atomic E-state index is 12.1. The molecule has 1 amide bonds. The number of rotatable bonds is 6. The predicted octanol–water partition coefficient (Wildman–Crippen LogP) is 2.17. The summed E-state index contributed by atoms with van der Waals surface area (Å²) in [5.41, 5.74) is 0.838. The van der Waals surface area contributed by atoms with Crippen molar-refractivity contribution in [1.82, 2.24) is 5.32 Å². The Labute approximate surface area is 132 Å². The number of carbonyl (C=O) groups excluding carboxylic acids is 1. The highest BCUT2D eigenvalue weighted by Crippen LogP contribution is 2.28. The summed E-state index contributed by atoms with van der Waals surface area (Å²) >= 11 is 0. The van der Waals surface area contributed by atoms with Crippen LogP contribution >= 0.6 is 0 Å². The monoisotopic (exact) mass is 332 g/mol. The van der Waals surface area contributed by atoms with Crippen LogP contribution in [0.5, 0.6) is 5.75 Å². The van der Waals surface area contributed by atoms with Gasteiger partial charge < -0.3 is 19.7 Å². The number of amides is 1. The van der Waals surface area contributed by atoms with Gasteiger partial charge in [-0.05, 0) is 36.6 Å². The molecule has 0 saturated carbocycles. The van der Waals surface area contributed by atoms with Crippen LogP contribution in [0.3, 0.4) is 0 Å². The van der Waals surface area contributed by atoms with Gasteiger partial charge in [0.25, 0.3) is 0 Å². The number of nitrogens with zero attached hydrogens (tertiary/aromatic N) is 1. The van der Waals surface area contributed by atoms with E-state index in [9.17, 15) is 18.0 Å². The van der Waals surface area contributed by atoms with Gasteiger partial charge in [0.05, 0.1) is 0 Å². The van der Waals surface area contributed by atoms with Crippen molar-refractivity contribution < 1.29 is 27.4 Å². The second kappa shape index (κ2) is 7.54. The van der Waals surface area contributed by atoms with Gasteiger partial charge in [-0.1, -0.05) is 0 Å². The van der Waals surface area contributed by atoms with Crippen LogP contribution in [0.1, 0.15) is 6.42 Å². The second-order valence-electron chi connectivity index (χ2n) is 5.38. The minimum Gasteiger partial charge on any atom is -0.406 e. The molecule has 0 spiro atoms. The van der Waals surface area contributed by atoms with Crippen LogP contribution < -0.4 is 15.0 Å². The fraction of sp³-hybridized carbons (Fsp3) is 0.533. The lowest BCUT2D eigenvalue weighted by atomic mass is 10.1. The van der Waals surface area contributed by atoms with Crippen molar-refractivity contribution in [2.24, 2.45) is 5.92 Å². The van der Waals surface area contributed by atoms with E-state index >= 15 is 0 Å². The Morgan fingerprint density at radius 3 is 2.65 bits per heavy atom. The van der Waals surface area contributed by atoms with Gasteiger partial charge in [-0.3, -0.25) is 4.79 Å². The largest absolute Gasteiger partial charge is 0.573 e. The van der Waals surface area contributed by atoms with E-state index in [4.69, 9.17) is 4.74 Å². The molecule has 2 rings (SSSR count). The van der Waals surface area contributed by atoms with Crippen molar-refractivity contribution in [2.75, 3.05) is 38.3 Å². The average Bonchev–Trinajstić information content (AvgIpc) is 2.93. The number of ether oxygens (including phenoxy) is 2. The maximum atomic E-state index is 12.1. The van der Waals surface area contributed by atoms with Crippen molar-refractivity contribution in [3.05, 3.63) is 24.3 Å². The summed E-state index contributed by atoms with van der Waals surface area (Å²) in [7, 11) is 1.46. The van der Waals surface area contributed by atoms with E-state index in [0.29, 0.717) is 12.5 Å². The number of alkyl halides is 3. The smallest absolute Gasteiger partial charge is 0.406 e. The Balaban J connectivity index is 1.83. The van der Waals surface area contributed by atoms with Crippen LogP contribution in [0, 0.1) is 5.92 Å². The number of methoxy groups -OCH3 is 1. The van der Waals surface area contributed by atoms with Gasteiger partial charge in [0.15, 0.2) is 0 Å². The van der Waals surface area contributed by atoms with Crippen LogP contribution in [0.4, 0.5) is 18.9 Å². The van der Waals surface area contributed by atoms with Crippen molar-refractivity contribution in [1.29, 1.82) is 0 Å². The first-order valence-corrected chi connectivity index (χ1v) is 7.24. The third-order valence-electron chi connectivity index (χ3n) is 3.58. The molecular weight excluding hydrogens is 313 g/mol. The van der Waals surface area contributed by atoms with Crippen LogP contribution in [0.15, 0.2) is 24.3 Å². The lowest BCUT2D eigenvalue weighted by Gasteiger charge is -2.19. The van der Waals surface area contributed by atoms with Crippen molar-refractivity contribution in [3.8, 4) is 5.75 Å². The Morgan fingerprint density at radius 2 is 2.04 bits per heavy atom. The third kappa shape index (κ3) is 5.63. The van der Waals surface area contributed by atoms with Gasteiger partial charge in [-0.2, -0.15) is 0 Å². The van der Waals surface area contributed by atoms with E-state index in [2.05, 4.69) is 15.0 Å². The number of nitrogens with one attached hydrogen (secondary N) is 1. The fourth-order valence-corrected chi connectivity index (χ4v) is 2.53. The van der Waals surface area contributed by atoms with Crippen molar-refractivity contribution >= 4 is 11.6 Å². The minimum atomic E-state index is -4.68. The molecule has 0 aliphatic carbocycles. The molecule has 0 radical (unpaired) electrons. The molecule has 1 saturated heterocycles. The number of benzene rings is 1. The molecule has 0 bridgehead atoms. The normalized spacial score (nSPS) is 18.1. The summed E-state index contributed by atoms with van der Waals surface area (Å²) in [6.45, 7) is 2.14. The molecule has 8 heteroatoms. The minimum absolute atomic E-state index is 0.0388. The standard InChI is InChI=1S/C15H19F3N2O3/c1-22-10-14(21)19-8-11-6-7-20(9-11)12-2-4-13(5-3-12)23-15(16,17)18/h2-5,11H,6-10H2,1H3,(H,19,21)/t11-/m1/s1. The molecule has 1 fully saturated rings. The summed E-state index contributed by atoms with van der Waals surface area (Å²) in [5, 5.41) is 2.80. The van der Waals surface area contributed by atoms with E-state index in [1.807, 2.05) is 0 Å². The Hall–Kier alpha value is -1.96. The van der Waals surface area contributed by atoms with Gasteiger partial charge in [0, 0.05) is 32.4 Å². The highest BCUT2D eigenvalue weighted by Gasteiger charge is 2.31. The average molecular weight is 332 g/mol. The van der Waals surface area contributed by atoms with E-state index in [-0.39, 0.29) is 18.3 Å². The predicted molar refractivity (Wildman–Crippen MR) is 78.3 cm³/mol. The summed E-state index contributed by atoms with van der Waals surface area (Å²) in [4.78, 5) is 13.4. The zero-order valence-corrected chi connectivity index (χ0v) is 12.7. The molecule has 1 atom stereocenters. The number of hydrogen-bond acceptors (Lipinski definition) is 4. The number of anilines is 1. The highest BCUT2D eigenvalue weighted by molar-refractivity contribution is 5.77. The zero-order valence-electron chi connectivity index (χ0n) is 12.7. The van der Waals surface area contributed by atoms with E-state index in [1.54, 1.807) is 12.1 Å². The third-order valence-corrected chi connectivity index (χ3v) is 3.58. The van der Waals surface area contributed by atoms with Gasteiger partial charge in [0.2, 0.25) is 5.91 Å². The maximum Gasteiger partial charge on any atom is 0.573 e. The molecule has 1 heterocycles. The lowest BCUT2D eigenvalue weighted by Crippen LogP contribution is -2.33. The topological polar surface area (TPSA) is 50.8 Å². The summed E-state index contributed by atoms with van der Waals surface area (Å²) in [5.74, 6) is -0.0784. The number of halogens is 3. The molecule has 1 aliphatic heterocycles. The molecule has 1 aromatic rings. The van der Waals surface area contributed by atoms with Gasteiger partial charge in [0.1, 0.15) is 12.4 Å². The molecular formula is C15H19F3N2O3. The van der Waals surface area contributed by atoms with E-state index < -0.39 is 6.36 Å². The summed E-state index contributed by atoms with van der Waals surface area (Å²) in [6, 6.07) is 5.81. The van der Waals surface area contributed by atoms with E-state index in [1.165, 1.54) is 19.2 Å². The molecule has 0 unspecified atom stereocenters. The molecule has 1 aromatic carbocycles. The highest BCUT2D eigenvalue weighted by atomic mass is 19.4. The van der Waals surface area contributed by atoms with Gasteiger partial charge in [-0.15, -0.1) is 13.2 Å². The first-order valence-electron chi connectivity index (χ1n) is 7.24. The zero-order chi connectivity index (χ0) is 16.9. The number of hydrogen-bond donors (Lipinski definition) is 1. The van der Waals surface area contributed by atoms with Crippen LogP contribution in [-0.4, -0.2) is 45.6 Å². The molecule has 1 N–H and O–H groups in total. The lowest BCUT2D eigenvalue weighted by molar-refractivity contribution is -0.274. The first-order chi connectivity index (χ1) is 10.9.